The topological polar surface area (TPSA) is 97.4 Å². The summed E-state index contributed by atoms with van der Waals surface area (Å²) in [7, 11) is 0. The van der Waals surface area contributed by atoms with E-state index in [1.54, 1.807) is 0 Å². The fraction of sp³-hybridized carbons (Fsp3) is 0.353. The van der Waals surface area contributed by atoms with E-state index < -0.39 is 5.41 Å². The Balaban J connectivity index is 2.34. The molecule has 0 aliphatic heterocycles. The van der Waals surface area contributed by atoms with Gasteiger partial charge in [-0.15, -0.1) is 0 Å². The molecule has 2 aliphatic carbocycles. The van der Waals surface area contributed by atoms with Crippen molar-refractivity contribution in [2.45, 2.75) is 25.2 Å². The minimum absolute atomic E-state index is 0.0275. The van der Waals surface area contributed by atoms with E-state index in [4.69, 9.17) is 5.73 Å². The molecule has 0 saturated carbocycles. The van der Waals surface area contributed by atoms with Gasteiger partial charge in [0, 0.05) is 5.92 Å². The van der Waals surface area contributed by atoms with Gasteiger partial charge in [-0.1, -0.05) is 6.08 Å². The zero-order valence-electron chi connectivity index (χ0n) is 11.9. The lowest BCUT2D eigenvalue weighted by molar-refractivity contribution is 0.323. The third-order valence-electron chi connectivity index (χ3n) is 4.69. The summed E-state index contributed by atoms with van der Waals surface area (Å²) in [6, 6.07) is 8.24. The molecule has 1 aromatic heterocycles. The molecular weight excluding hydrogens is 292 g/mol. The second kappa shape index (κ2) is 5.34. The van der Waals surface area contributed by atoms with Gasteiger partial charge in [0.1, 0.15) is 0 Å². The molecule has 2 atom stereocenters. The number of nitrogens with zero attached hydrogens (tertiary/aromatic N) is 3. The Labute approximate surface area is 133 Å². The third kappa shape index (κ3) is 1.78. The fourth-order valence-corrected chi connectivity index (χ4v) is 4.43. The van der Waals surface area contributed by atoms with Crippen molar-refractivity contribution in [3.63, 3.8) is 0 Å². The number of hydrogen-bond donors (Lipinski definition) is 1. The van der Waals surface area contributed by atoms with Crippen LogP contribution < -0.4 is 5.73 Å². The van der Waals surface area contributed by atoms with Crippen molar-refractivity contribution in [3.8, 4) is 18.2 Å². The molecule has 0 radical (unpaired) electrons. The molecule has 0 bridgehead atoms. The summed E-state index contributed by atoms with van der Waals surface area (Å²) < 4.78 is 0. The molecule has 0 amide bonds. The molecule has 0 aromatic carbocycles. The highest BCUT2D eigenvalue weighted by molar-refractivity contribution is 7.08. The molecule has 2 unspecified atom stereocenters. The minimum atomic E-state index is -1.50. The Kier molecular flexibility index (Phi) is 3.49. The molecule has 5 heteroatoms. The van der Waals surface area contributed by atoms with Gasteiger partial charge < -0.3 is 5.73 Å². The van der Waals surface area contributed by atoms with E-state index in [-0.39, 0.29) is 17.4 Å². The first kappa shape index (κ1) is 14.4. The van der Waals surface area contributed by atoms with E-state index in [9.17, 15) is 15.8 Å². The van der Waals surface area contributed by atoms with Crippen LogP contribution in [-0.2, 0) is 0 Å². The van der Waals surface area contributed by atoms with Crippen molar-refractivity contribution in [2.24, 2.45) is 17.1 Å². The number of nitriles is 3. The predicted octanol–water partition coefficient (Wildman–Crippen LogP) is 3.34. The summed E-state index contributed by atoms with van der Waals surface area (Å²) in [4.78, 5) is 0. The van der Waals surface area contributed by atoms with Gasteiger partial charge in [-0.3, -0.25) is 0 Å². The van der Waals surface area contributed by atoms with Crippen molar-refractivity contribution in [1.82, 2.24) is 0 Å². The average Bonchev–Trinajstić information content (AvgIpc) is 3.08. The van der Waals surface area contributed by atoms with Crippen molar-refractivity contribution >= 4 is 11.3 Å². The summed E-state index contributed by atoms with van der Waals surface area (Å²) >= 11 is 1.54. The van der Waals surface area contributed by atoms with Crippen molar-refractivity contribution in [3.05, 3.63) is 45.3 Å². The number of thiophene rings is 1. The van der Waals surface area contributed by atoms with Crippen LogP contribution >= 0.6 is 11.3 Å². The molecule has 2 aliphatic rings. The van der Waals surface area contributed by atoms with Crippen LogP contribution in [-0.4, -0.2) is 0 Å². The SMILES string of the molecule is N#CC1=C(N)C2=CCCCC2C(c2ccsc2)C1(C#N)C#N. The number of allylic oxidation sites excluding steroid dienone is 3. The highest BCUT2D eigenvalue weighted by Gasteiger charge is 2.54. The van der Waals surface area contributed by atoms with Crippen molar-refractivity contribution < 1.29 is 0 Å². The van der Waals surface area contributed by atoms with Gasteiger partial charge in [-0.2, -0.15) is 27.1 Å². The normalized spacial score (nSPS) is 26.1. The smallest absolute Gasteiger partial charge is 0.187 e. The maximum Gasteiger partial charge on any atom is 0.187 e. The number of rotatable bonds is 1. The summed E-state index contributed by atoms with van der Waals surface area (Å²) in [6.07, 6.45) is 4.89. The van der Waals surface area contributed by atoms with E-state index in [0.29, 0.717) is 5.70 Å². The summed E-state index contributed by atoms with van der Waals surface area (Å²) in [5.41, 5.74) is 7.01. The van der Waals surface area contributed by atoms with E-state index >= 15 is 0 Å². The van der Waals surface area contributed by atoms with Gasteiger partial charge >= 0.3 is 0 Å². The first-order chi connectivity index (χ1) is 10.7. The maximum absolute atomic E-state index is 9.79. The molecule has 22 heavy (non-hydrogen) atoms. The standard InChI is InChI=1S/C17H14N4S/c18-7-14-16(21)13-4-2-1-3-12(13)15(11-5-6-22-8-11)17(14,9-19)10-20/h4-6,8,12,15H,1-3,21H2. The van der Waals surface area contributed by atoms with Gasteiger partial charge in [-0.25, -0.2) is 0 Å². The highest BCUT2D eigenvalue weighted by Crippen LogP contribution is 2.56. The van der Waals surface area contributed by atoms with Crippen LogP contribution in [0.4, 0.5) is 0 Å². The average molecular weight is 306 g/mol. The first-order valence-electron chi connectivity index (χ1n) is 7.15. The molecule has 108 valence electrons. The van der Waals surface area contributed by atoms with Gasteiger partial charge in [0.05, 0.1) is 29.5 Å². The molecular formula is C17H14N4S. The van der Waals surface area contributed by atoms with Gasteiger partial charge in [-0.05, 0) is 53.1 Å². The molecule has 2 N–H and O–H groups in total. The molecule has 4 nitrogen and oxygen atoms in total. The zero-order valence-corrected chi connectivity index (χ0v) is 12.7. The molecule has 0 fully saturated rings. The number of fused-ring (bicyclic) bond motifs is 1. The first-order valence-corrected chi connectivity index (χ1v) is 8.09. The van der Waals surface area contributed by atoms with E-state index in [2.05, 4.69) is 18.2 Å². The summed E-state index contributed by atoms with van der Waals surface area (Å²) in [5.74, 6) is -0.304. The van der Waals surface area contributed by atoms with Crippen molar-refractivity contribution in [2.75, 3.05) is 0 Å². The summed E-state index contributed by atoms with van der Waals surface area (Å²) in [6.45, 7) is 0. The Hall–Kier alpha value is -2.55. The van der Waals surface area contributed by atoms with Crippen LogP contribution in [0, 0.1) is 45.3 Å². The number of nitrogens with two attached hydrogens (primary N) is 1. The van der Waals surface area contributed by atoms with E-state index in [0.717, 1.165) is 30.4 Å². The van der Waals surface area contributed by atoms with Gasteiger partial charge in [0.2, 0.25) is 0 Å². The lowest BCUT2D eigenvalue weighted by Gasteiger charge is -2.42. The molecule has 0 spiro atoms. The van der Waals surface area contributed by atoms with E-state index in [1.807, 2.05) is 22.9 Å². The fourth-order valence-electron chi connectivity index (χ4n) is 3.73. The zero-order chi connectivity index (χ0) is 15.7. The summed E-state index contributed by atoms with van der Waals surface area (Å²) in [5, 5.41) is 33.0. The molecule has 0 saturated heterocycles. The van der Waals surface area contributed by atoms with Crippen LogP contribution in [0.5, 0.6) is 0 Å². The lowest BCUT2D eigenvalue weighted by atomic mass is 9.56. The second-order valence-corrected chi connectivity index (χ2v) is 6.44. The van der Waals surface area contributed by atoms with Crippen LogP contribution in [0.1, 0.15) is 30.7 Å². The highest BCUT2D eigenvalue weighted by atomic mass is 32.1. The lowest BCUT2D eigenvalue weighted by Crippen LogP contribution is -2.41. The molecule has 3 rings (SSSR count). The van der Waals surface area contributed by atoms with Crippen molar-refractivity contribution in [1.29, 1.82) is 15.8 Å². The quantitative estimate of drug-likeness (QED) is 0.860. The van der Waals surface area contributed by atoms with E-state index in [1.165, 1.54) is 11.3 Å². The maximum atomic E-state index is 9.79. The molecule has 1 heterocycles. The third-order valence-corrected chi connectivity index (χ3v) is 5.39. The predicted molar refractivity (Wildman–Crippen MR) is 83.0 cm³/mol. The minimum Gasteiger partial charge on any atom is -0.398 e. The Morgan fingerprint density at radius 2 is 2.05 bits per heavy atom. The van der Waals surface area contributed by atoms with Crippen LogP contribution in [0.3, 0.4) is 0 Å². The van der Waals surface area contributed by atoms with Gasteiger partial charge in [0.15, 0.2) is 5.41 Å². The molecule has 1 aromatic rings. The monoisotopic (exact) mass is 306 g/mol. The second-order valence-electron chi connectivity index (χ2n) is 5.66. The Morgan fingerprint density at radius 1 is 1.27 bits per heavy atom. The largest absolute Gasteiger partial charge is 0.398 e. The van der Waals surface area contributed by atoms with Crippen LogP contribution in [0.25, 0.3) is 0 Å². The van der Waals surface area contributed by atoms with Crippen LogP contribution in [0.2, 0.25) is 0 Å². The van der Waals surface area contributed by atoms with Gasteiger partial charge in [0.25, 0.3) is 0 Å². The number of hydrogen-bond acceptors (Lipinski definition) is 5. The van der Waals surface area contributed by atoms with Crippen LogP contribution in [0.15, 0.2) is 39.7 Å². The Bertz CT molecular complexity index is 766. The Morgan fingerprint density at radius 3 is 2.64 bits per heavy atom.